The number of nitrogens with one attached hydrogen (secondary N) is 2. The van der Waals surface area contributed by atoms with E-state index in [1.807, 2.05) is 48.5 Å². The Morgan fingerprint density at radius 3 is 2.38 bits per heavy atom. The Labute approximate surface area is 198 Å². The summed E-state index contributed by atoms with van der Waals surface area (Å²) in [5, 5.41) is 5.80. The van der Waals surface area contributed by atoms with Gasteiger partial charge in [0, 0.05) is 31.1 Å². The van der Waals surface area contributed by atoms with Gasteiger partial charge in [0.2, 0.25) is 11.8 Å². The second kappa shape index (κ2) is 8.93. The lowest BCUT2D eigenvalue weighted by molar-refractivity contribution is -0.140. The molecule has 1 atom stereocenters. The number of benzene rings is 2. The fourth-order valence-electron chi connectivity index (χ4n) is 5.24. The number of rotatable bonds is 4. The van der Waals surface area contributed by atoms with Crippen LogP contribution >= 0.6 is 0 Å². The molecule has 0 aromatic heterocycles. The van der Waals surface area contributed by atoms with Crippen LogP contribution in [0.2, 0.25) is 0 Å². The third-order valence-electron chi connectivity index (χ3n) is 7.23. The molecule has 0 radical (unpaired) electrons. The first-order valence-corrected chi connectivity index (χ1v) is 11.8. The van der Waals surface area contributed by atoms with Gasteiger partial charge in [-0.15, -0.1) is 0 Å². The van der Waals surface area contributed by atoms with Crippen LogP contribution in [0.25, 0.3) is 0 Å². The zero-order valence-corrected chi connectivity index (χ0v) is 19.0. The molecule has 34 heavy (non-hydrogen) atoms. The van der Waals surface area contributed by atoms with Gasteiger partial charge in [0.1, 0.15) is 12.1 Å². The van der Waals surface area contributed by atoms with E-state index in [-0.39, 0.29) is 30.2 Å². The van der Waals surface area contributed by atoms with E-state index in [4.69, 9.17) is 0 Å². The van der Waals surface area contributed by atoms with E-state index in [1.165, 1.54) is 5.56 Å². The van der Waals surface area contributed by atoms with Crippen molar-refractivity contribution in [2.45, 2.75) is 37.6 Å². The summed E-state index contributed by atoms with van der Waals surface area (Å²) in [6, 6.07) is 16.7. The van der Waals surface area contributed by atoms with Crippen molar-refractivity contribution in [3.63, 3.8) is 0 Å². The number of aryl methyl sites for hydroxylation is 1. The SMILES string of the molecule is O=C(Nc1ccccc1)C1CCN(C(=O)CN2C(=O)NC3(CCc4ccccc4C3)C2=O)CC1. The van der Waals surface area contributed by atoms with Gasteiger partial charge in [0.15, 0.2) is 0 Å². The quantitative estimate of drug-likeness (QED) is 0.685. The predicted molar refractivity (Wildman–Crippen MR) is 126 cm³/mol. The largest absolute Gasteiger partial charge is 0.341 e. The molecular weight excluding hydrogens is 432 g/mol. The van der Waals surface area contributed by atoms with Gasteiger partial charge in [-0.25, -0.2) is 4.79 Å². The summed E-state index contributed by atoms with van der Waals surface area (Å²) in [5.74, 6) is -0.811. The average Bonchev–Trinajstić information content (AvgIpc) is 3.08. The number of amides is 5. The van der Waals surface area contributed by atoms with Gasteiger partial charge in [0.05, 0.1) is 0 Å². The van der Waals surface area contributed by atoms with Gasteiger partial charge in [-0.1, -0.05) is 42.5 Å². The molecule has 1 unspecified atom stereocenters. The molecule has 0 bridgehead atoms. The van der Waals surface area contributed by atoms with Gasteiger partial charge < -0.3 is 15.5 Å². The number of anilines is 1. The third kappa shape index (κ3) is 4.16. The van der Waals surface area contributed by atoms with E-state index in [1.54, 1.807) is 4.90 Å². The van der Waals surface area contributed by atoms with Crippen molar-refractivity contribution in [1.29, 1.82) is 0 Å². The summed E-state index contributed by atoms with van der Waals surface area (Å²) >= 11 is 0. The normalized spacial score (nSPS) is 22.5. The lowest BCUT2D eigenvalue weighted by Crippen LogP contribution is -2.52. The third-order valence-corrected chi connectivity index (χ3v) is 7.23. The Bertz CT molecular complexity index is 1130. The molecule has 1 aliphatic carbocycles. The number of imide groups is 1. The van der Waals surface area contributed by atoms with E-state index < -0.39 is 11.6 Å². The summed E-state index contributed by atoms with van der Waals surface area (Å²) in [7, 11) is 0. The van der Waals surface area contributed by atoms with Crippen LogP contribution in [-0.2, 0) is 27.2 Å². The highest BCUT2D eigenvalue weighted by Gasteiger charge is 2.52. The van der Waals surface area contributed by atoms with Gasteiger partial charge in [-0.2, -0.15) is 0 Å². The average molecular weight is 461 g/mol. The minimum absolute atomic E-state index is 0.0491. The van der Waals surface area contributed by atoms with Crippen molar-refractivity contribution in [2.75, 3.05) is 25.0 Å². The molecule has 2 fully saturated rings. The topological polar surface area (TPSA) is 98.8 Å². The van der Waals surface area contributed by atoms with E-state index in [2.05, 4.69) is 16.7 Å². The summed E-state index contributed by atoms with van der Waals surface area (Å²) in [5.41, 5.74) is 2.05. The zero-order valence-electron chi connectivity index (χ0n) is 19.0. The maximum Gasteiger partial charge on any atom is 0.325 e. The molecule has 5 amide bonds. The van der Waals surface area contributed by atoms with Gasteiger partial charge in [0.25, 0.3) is 5.91 Å². The summed E-state index contributed by atoms with van der Waals surface area (Å²) in [4.78, 5) is 54.1. The number of hydrogen-bond donors (Lipinski definition) is 2. The molecule has 0 saturated carbocycles. The van der Waals surface area contributed by atoms with Gasteiger partial charge in [-0.3, -0.25) is 19.3 Å². The van der Waals surface area contributed by atoms with Crippen LogP contribution in [0.5, 0.6) is 0 Å². The number of carbonyl (C=O) groups is 4. The number of likely N-dealkylation sites (tertiary alicyclic amines) is 1. The van der Waals surface area contributed by atoms with Crippen LogP contribution in [0.4, 0.5) is 10.5 Å². The minimum Gasteiger partial charge on any atom is -0.341 e. The monoisotopic (exact) mass is 460 g/mol. The summed E-state index contributed by atoms with van der Waals surface area (Å²) in [6.07, 6.45) is 2.78. The molecule has 2 N–H and O–H groups in total. The van der Waals surface area contributed by atoms with Crippen LogP contribution in [-0.4, -0.2) is 58.7 Å². The van der Waals surface area contributed by atoms with E-state index in [0.29, 0.717) is 45.2 Å². The number of carbonyl (C=O) groups excluding carboxylic acids is 4. The van der Waals surface area contributed by atoms with Crippen molar-refractivity contribution in [2.24, 2.45) is 5.92 Å². The molecule has 8 nitrogen and oxygen atoms in total. The fourth-order valence-corrected chi connectivity index (χ4v) is 5.24. The lowest BCUT2D eigenvalue weighted by atomic mass is 9.78. The van der Waals surface area contributed by atoms with Crippen molar-refractivity contribution in [1.82, 2.24) is 15.1 Å². The number of nitrogens with zero attached hydrogens (tertiary/aromatic N) is 2. The molecule has 2 aromatic carbocycles. The van der Waals surface area contributed by atoms with Crippen molar-refractivity contribution in [3.8, 4) is 0 Å². The van der Waals surface area contributed by atoms with Gasteiger partial charge >= 0.3 is 6.03 Å². The standard InChI is InChI=1S/C26H28N4O4/c31-22(29-14-11-19(12-15-29)23(32)27-21-8-2-1-3-9-21)17-30-24(33)26(28-25(30)34)13-10-18-6-4-5-7-20(18)16-26/h1-9,19H,10-17H2,(H,27,32)(H,28,34). The molecule has 2 heterocycles. The highest BCUT2D eigenvalue weighted by atomic mass is 16.2. The number of hydrogen-bond acceptors (Lipinski definition) is 4. The molecule has 8 heteroatoms. The molecule has 176 valence electrons. The number of fused-ring (bicyclic) bond motifs is 1. The molecule has 2 saturated heterocycles. The molecular formula is C26H28N4O4. The highest BCUT2D eigenvalue weighted by Crippen LogP contribution is 2.33. The minimum atomic E-state index is -0.964. The van der Waals surface area contributed by atoms with Crippen LogP contribution in [0.3, 0.4) is 0 Å². The molecule has 2 aromatic rings. The Kier molecular flexibility index (Phi) is 5.81. The zero-order chi connectivity index (χ0) is 23.7. The van der Waals surface area contributed by atoms with E-state index in [0.717, 1.165) is 16.2 Å². The van der Waals surface area contributed by atoms with Crippen LogP contribution in [0.1, 0.15) is 30.4 Å². The molecule has 3 aliphatic rings. The van der Waals surface area contributed by atoms with Crippen LogP contribution < -0.4 is 10.6 Å². The lowest BCUT2D eigenvalue weighted by Gasteiger charge is -2.33. The maximum atomic E-state index is 13.3. The Balaban J connectivity index is 1.16. The predicted octanol–water partition coefficient (Wildman–Crippen LogP) is 2.34. The summed E-state index contributed by atoms with van der Waals surface area (Å²) in [6.45, 7) is 0.580. The molecule has 2 aliphatic heterocycles. The fraction of sp³-hybridized carbons (Fsp3) is 0.385. The van der Waals surface area contributed by atoms with Crippen molar-refractivity contribution >= 4 is 29.4 Å². The van der Waals surface area contributed by atoms with E-state index >= 15 is 0 Å². The highest BCUT2D eigenvalue weighted by molar-refractivity contribution is 6.09. The van der Waals surface area contributed by atoms with Crippen molar-refractivity contribution in [3.05, 3.63) is 65.7 Å². The van der Waals surface area contributed by atoms with Crippen LogP contribution in [0.15, 0.2) is 54.6 Å². The first kappa shape index (κ1) is 22.1. The Morgan fingerprint density at radius 2 is 1.65 bits per heavy atom. The number of para-hydroxylation sites is 1. The molecule has 1 spiro atoms. The number of piperidine rings is 1. The number of urea groups is 1. The van der Waals surface area contributed by atoms with Gasteiger partial charge in [-0.05, 0) is 48.9 Å². The van der Waals surface area contributed by atoms with Crippen molar-refractivity contribution < 1.29 is 19.2 Å². The summed E-state index contributed by atoms with van der Waals surface area (Å²) < 4.78 is 0. The first-order chi connectivity index (χ1) is 16.4. The smallest absolute Gasteiger partial charge is 0.325 e. The second-order valence-corrected chi connectivity index (χ2v) is 9.36. The van der Waals surface area contributed by atoms with Crippen LogP contribution in [0, 0.1) is 5.92 Å². The second-order valence-electron chi connectivity index (χ2n) is 9.36. The Hall–Kier alpha value is -3.68. The van der Waals surface area contributed by atoms with E-state index in [9.17, 15) is 19.2 Å². The molecule has 5 rings (SSSR count). The Morgan fingerprint density at radius 1 is 0.971 bits per heavy atom. The first-order valence-electron chi connectivity index (χ1n) is 11.8. The maximum absolute atomic E-state index is 13.3.